The molecule has 0 amide bonds. The molecule has 4 heteroatoms. The van der Waals surface area contributed by atoms with Gasteiger partial charge in [-0.1, -0.05) is 25.4 Å². The summed E-state index contributed by atoms with van der Waals surface area (Å²) in [4.78, 5) is 1.07. The van der Waals surface area contributed by atoms with E-state index in [9.17, 15) is 0 Å². The van der Waals surface area contributed by atoms with Crippen molar-refractivity contribution in [3.63, 3.8) is 0 Å². The quantitative estimate of drug-likeness (QED) is 0.764. The third-order valence-electron chi connectivity index (χ3n) is 2.50. The van der Waals surface area contributed by atoms with Crippen LogP contribution in [0, 0.1) is 0 Å². The predicted molar refractivity (Wildman–Crippen MR) is 68.1 cm³/mol. The van der Waals surface area contributed by atoms with Gasteiger partial charge in [0.2, 0.25) is 0 Å². The van der Waals surface area contributed by atoms with Gasteiger partial charge in [0.05, 0.1) is 5.02 Å². The molecule has 0 bridgehead atoms. The van der Waals surface area contributed by atoms with E-state index in [-0.39, 0.29) is 0 Å². The molecule has 0 N–H and O–H groups in total. The van der Waals surface area contributed by atoms with Crippen LogP contribution in [-0.4, -0.2) is 18.5 Å². The normalized spacial score (nSPS) is 15.9. The first-order valence-electron chi connectivity index (χ1n) is 5.46. The minimum Gasteiger partial charge on any atom is -0.486 e. The molecule has 0 aromatic heterocycles. The van der Waals surface area contributed by atoms with Gasteiger partial charge in [-0.25, -0.2) is 0 Å². The van der Waals surface area contributed by atoms with Gasteiger partial charge in [-0.15, -0.1) is 11.8 Å². The van der Waals surface area contributed by atoms with Gasteiger partial charge in [0.15, 0.2) is 11.5 Å². The number of benzene rings is 1. The molecule has 1 atom stereocenters. The molecule has 1 aliphatic heterocycles. The molecule has 2 nitrogen and oxygen atoms in total. The highest BCUT2D eigenvalue weighted by Gasteiger charge is 2.16. The minimum atomic E-state index is 0.556. The lowest BCUT2D eigenvalue weighted by atomic mass is 10.3. The maximum Gasteiger partial charge on any atom is 0.162 e. The highest BCUT2D eigenvalue weighted by Crippen LogP contribution is 2.40. The van der Waals surface area contributed by atoms with Crippen LogP contribution in [0.15, 0.2) is 17.0 Å². The molecule has 2 rings (SSSR count). The molecule has 1 aromatic carbocycles. The van der Waals surface area contributed by atoms with E-state index in [2.05, 4.69) is 13.8 Å². The SMILES string of the molecule is CCC(C)Sc1cc2c(cc1Cl)OCCO2. The van der Waals surface area contributed by atoms with E-state index < -0.39 is 0 Å². The second-order valence-electron chi connectivity index (χ2n) is 3.76. The number of hydrogen-bond donors (Lipinski definition) is 0. The second kappa shape index (κ2) is 5.19. The largest absolute Gasteiger partial charge is 0.486 e. The highest BCUT2D eigenvalue weighted by molar-refractivity contribution is 8.00. The first kappa shape index (κ1) is 11.9. The molecule has 0 spiro atoms. The van der Waals surface area contributed by atoms with E-state index in [4.69, 9.17) is 21.1 Å². The molecule has 88 valence electrons. The summed E-state index contributed by atoms with van der Waals surface area (Å²) in [5, 5.41) is 1.30. The lowest BCUT2D eigenvalue weighted by Gasteiger charge is -2.20. The molecular formula is C12H15ClO2S. The molecule has 1 heterocycles. The van der Waals surface area contributed by atoms with Crippen molar-refractivity contribution >= 4 is 23.4 Å². The second-order valence-corrected chi connectivity index (χ2v) is 5.65. The monoisotopic (exact) mass is 258 g/mol. The molecule has 0 fully saturated rings. The van der Waals surface area contributed by atoms with Crippen LogP contribution in [0.2, 0.25) is 5.02 Å². The Labute approximate surface area is 105 Å². The standard InChI is InChI=1S/C12H15ClO2S/c1-3-8(2)16-12-7-11-10(6-9(12)13)14-4-5-15-11/h6-8H,3-5H2,1-2H3. The molecule has 0 radical (unpaired) electrons. The number of rotatable bonds is 3. The van der Waals surface area contributed by atoms with Crippen LogP contribution in [0.4, 0.5) is 0 Å². The van der Waals surface area contributed by atoms with Gasteiger partial charge in [0.25, 0.3) is 0 Å². The number of fused-ring (bicyclic) bond motifs is 1. The third kappa shape index (κ3) is 2.58. The van der Waals surface area contributed by atoms with Crippen molar-refractivity contribution in [2.24, 2.45) is 0 Å². The highest BCUT2D eigenvalue weighted by atomic mass is 35.5. The van der Waals surface area contributed by atoms with Crippen molar-refractivity contribution in [3.8, 4) is 11.5 Å². The van der Waals surface area contributed by atoms with Crippen LogP contribution in [0.1, 0.15) is 20.3 Å². The first-order chi connectivity index (χ1) is 7.70. The molecule has 1 aromatic rings. The van der Waals surface area contributed by atoms with Gasteiger partial charge >= 0.3 is 0 Å². The summed E-state index contributed by atoms with van der Waals surface area (Å²) in [6.45, 7) is 5.57. The van der Waals surface area contributed by atoms with Crippen molar-refractivity contribution < 1.29 is 9.47 Å². The number of thioether (sulfide) groups is 1. The van der Waals surface area contributed by atoms with Crippen LogP contribution < -0.4 is 9.47 Å². The Morgan fingerprint density at radius 2 is 1.94 bits per heavy atom. The molecular weight excluding hydrogens is 244 g/mol. The smallest absolute Gasteiger partial charge is 0.162 e. The Kier molecular flexibility index (Phi) is 3.87. The van der Waals surface area contributed by atoms with E-state index in [1.807, 2.05) is 12.1 Å². The van der Waals surface area contributed by atoms with Crippen LogP contribution in [0.3, 0.4) is 0 Å². The van der Waals surface area contributed by atoms with Crippen molar-refractivity contribution in [1.29, 1.82) is 0 Å². The van der Waals surface area contributed by atoms with Gasteiger partial charge in [-0.3, -0.25) is 0 Å². The van der Waals surface area contributed by atoms with Crippen LogP contribution in [0.5, 0.6) is 11.5 Å². The Balaban J connectivity index is 2.25. The zero-order valence-corrected chi connectivity index (χ0v) is 11.0. The van der Waals surface area contributed by atoms with Gasteiger partial charge < -0.3 is 9.47 Å². The third-order valence-corrected chi connectivity index (χ3v) is 4.25. The van der Waals surface area contributed by atoms with E-state index in [0.29, 0.717) is 18.5 Å². The van der Waals surface area contributed by atoms with Crippen LogP contribution in [0.25, 0.3) is 0 Å². The summed E-state index contributed by atoms with van der Waals surface area (Å²) < 4.78 is 11.0. The Hall–Kier alpha value is -0.540. The fourth-order valence-electron chi connectivity index (χ4n) is 1.44. The van der Waals surface area contributed by atoms with Gasteiger partial charge in [0.1, 0.15) is 13.2 Å². The predicted octanol–water partition coefficient (Wildman–Crippen LogP) is 4.00. The molecule has 16 heavy (non-hydrogen) atoms. The van der Waals surface area contributed by atoms with E-state index in [1.165, 1.54) is 0 Å². The fourth-order valence-corrected chi connectivity index (χ4v) is 2.67. The summed E-state index contributed by atoms with van der Waals surface area (Å²) in [7, 11) is 0. The molecule has 1 aliphatic rings. The summed E-state index contributed by atoms with van der Waals surface area (Å²) in [5.74, 6) is 1.56. The maximum atomic E-state index is 6.21. The molecule has 0 aliphatic carbocycles. The summed E-state index contributed by atoms with van der Waals surface area (Å²) in [6.07, 6.45) is 1.12. The maximum absolute atomic E-state index is 6.21. The lowest BCUT2D eigenvalue weighted by Crippen LogP contribution is -2.15. The Morgan fingerprint density at radius 3 is 2.56 bits per heavy atom. The average Bonchev–Trinajstić information content (AvgIpc) is 2.30. The topological polar surface area (TPSA) is 18.5 Å². The number of halogens is 1. The average molecular weight is 259 g/mol. The van der Waals surface area contributed by atoms with E-state index in [0.717, 1.165) is 27.8 Å². The zero-order valence-electron chi connectivity index (χ0n) is 9.46. The Bertz CT molecular complexity index is 382. The zero-order chi connectivity index (χ0) is 11.5. The van der Waals surface area contributed by atoms with Crippen LogP contribution >= 0.6 is 23.4 Å². The van der Waals surface area contributed by atoms with E-state index >= 15 is 0 Å². The lowest BCUT2D eigenvalue weighted by molar-refractivity contribution is 0.171. The molecule has 1 unspecified atom stereocenters. The Morgan fingerprint density at radius 1 is 1.31 bits per heavy atom. The van der Waals surface area contributed by atoms with Crippen molar-refractivity contribution in [1.82, 2.24) is 0 Å². The summed E-state index contributed by atoms with van der Waals surface area (Å²) in [6, 6.07) is 3.83. The van der Waals surface area contributed by atoms with E-state index in [1.54, 1.807) is 11.8 Å². The van der Waals surface area contributed by atoms with Gasteiger partial charge in [-0.2, -0.15) is 0 Å². The van der Waals surface area contributed by atoms with Gasteiger partial charge in [-0.05, 0) is 12.5 Å². The van der Waals surface area contributed by atoms with Crippen molar-refractivity contribution in [3.05, 3.63) is 17.2 Å². The minimum absolute atomic E-state index is 0.556. The van der Waals surface area contributed by atoms with Crippen LogP contribution in [-0.2, 0) is 0 Å². The first-order valence-corrected chi connectivity index (χ1v) is 6.72. The van der Waals surface area contributed by atoms with Crippen molar-refractivity contribution in [2.45, 2.75) is 30.4 Å². The number of hydrogen-bond acceptors (Lipinski definition) is 3. The number of ether oxygens (including phenoxy) is 2. The summed E-state index contributed by atoms with van der Waals surface area (Å²) in [5.41, 5.74) is 0. The fraction of sp³-hybridized carbons (Fsp3) is 0.500. The summed E-state index contributed by atoms with van der Waals surface area (Å²) >= 11 is 7.98. The van der Waals surface area contributed by atoms with Crippen molar-refractivity contribution in [2.75, 3.05) is 13.2 Å². The van der Waals surface area contributed by atoms with Gasteiger partial charge in [0, 0.05) is 16.2 Å². The molecule has 0 saturated heterocycles. The molecule has 0 saturated carbocycles.